The van der Waals surface area contributed by atoms with E-state index in [1.54, 1.807) is 0 Å². The molecule has 0 saturated carbocycles. The summed E-state index contributed by atoms with van der Waals surface area (Å²) in [4.78, 5) is 0. The third-order valence-corrected chi connectivity index (χ3v) is 0.556. The van der Waals surface area contributed by atoms with E-state index in [9.17, 15) is 0 Å². The Morgan fingerprint density at radius 2 is 1.17 bits per heavy atom. The van der Waals surface area contributed by atoms with Crippen molar-refractivity contribution in [2.24, 2.45) is 0 Å². The van der Waals surface area contributed by atoms with Gasteiger partial charge in [-0.2, -0.15) is 18.2 Å². The van der Waals surface area contributed by atoms with Crippen LogP contribution >= 0.6 is 0 Å². The predicted octanol–water partition coefficient (Wildman–Crippen LogP) is -3.22. The minimum atomic E-state index is 0. The molecule has 2 radical (unpaired) electrons. The molecular formula is C8H14Cl2CrSi. The Bertz CT molecular complexity index is 101. The second-order valence-corrected chi connectivity index (χ2v) is 5.46. The summed E-state index contributed by atoms with van der Waals surface area (Å²) >= 11 is 0. The number of halogens is 2. The van der Waals surface area contributed by atoms with Gasteiger partial charge in [0.2, 0.25) is 0 Å². The fourth-order valence-corrected chi connectivity index (χ4v) is 0.321. The van der Waals surface area contributed by atoms with E-state index in [-0.39, 0.29) is 51.0 Å². The van der Waals surface area contributed by atoms with Gasteiger partial charge in [-0.3, -0.25) is 0 Å². The van der Waals surface area contributed by atoms with E-state index < -0.39 is 0 Å². The van der Waals surface area contributed by atoms with Gasteiger partial charge in [0, 0.05) is 8.80 Å². The van der Waals surface area contributed by atoms with E-state index in [1.807, 2.05) is 30.3 Å². The molecule has 0 heterocycles. The zero-order valence-electron chi connectivity index (χ0n) is 7.55. The Morgan fingerprint density at radius 3 is 1.25 bits per heavy atom. The summed E-state index contributed by atoms with van der Waals surface area (Å²) in [6.07, 6.45) is 0. The van der Waals surface area contributed by atoms with E-state index in [2.05, 4.69) is 19.6 Å². The Balaban J connectivity index is -0.0000000436. The molecular weight excluding hydrogens is 247 g/mol. The molecule has 0 atom stereocenters. The van der Waals surface area contributed by atoms with Crippen LogP contribution in [0.4, 0.5) is 0 Å². The van der Waals surface area contributed by atoms with Crippen molar-refractivity contribution in [1.82, 2.24) is 0 Å². The van der Waals surface area contributed by atoms with Crippen molar-refractivity contribution in [3.8, 4) is 0 Å². The fourth-order valence-electron chi connectivity index (χ4n) is 0.321. The van der Waals surface area contributed by atoms with Gasteiger partial charge in [-0.25, -0.2) is 12.1 Å². The molecule has 0 spiro atoms. The minimum absolute atomic E-state index is 0. The third kappa shape index (κ3) is 31.0. The van der Waals surface area contributed by atoms with Gasteiger partial charge in [-0.05, 0) is 0 Å². The van der Waals surface area contributed by atoms with E-state index in [1.165, 1.54) is 0 Å². The molecule has 0 unspecified atom stereocenters. The second-order valence-electron chi connectivity index (χ2n) is 2.46. The summed E-state index contributed by atoms with van der Waals surface area (Å²) in [5, 5.41) is 0. The first-order chi connectivity index (χ1) is 4.23. The van der Waals surface area contributed by atoms with Crippen LogP contribution in [0.25, 0.3) is 0 Å². The average molecular weight is 261 g/mol. The van der Waals surface area contributed by atoms with E-state index in [0.717, 1.165) is 0 Å². The zero-order chi connectivity index (χ0) is 7.11. The third-order valence-electron chi connectivity index (χ3n) is 0.556. The van der Waals surface area contributed by atoms with Crippen LogP contribution < -0.4 is 24.8 Å². The molecule has 70 valence electrons. The molecule has 0 saturated heterocycles. The van der Waals surface area contributed by atoms with Gasteiger partial charge < -0.3 is 24.8 Å². The van der Waals surface area contributed by atoms with Crippen LogP contribution in [0.5, 0.6) is 0 Å². The van der Waals surface area contributed by atoms with Crippen LogP contribution in [0.15, 0.2) is 30.3 Å². The van der Waals surface area contributed by atoms with Gasteiger partial charge in [-0.1, -0.05) is 19.6 Å². The van der Waals surface area contributed by atoms with Crippen LogP contribution in [-0.2, 0) is 17.4 Å². The van der Waals surface area contributed by atoms with Crippen molar-refractivity contribution in [1.29, 1.82) is 0 Å². The van der Waals surface area contributed by atoms with E-state index >= 15 is 0 Å². The summed E-state index contributed by atoms with van der Waals surface area (Å²) in [5.74, 6) is 0. The van der Waals surface area contributed by atoms with E-state index in [0.29, 0.717) is 0 Å². The molecule has 0 fully saturated rings. The first-order valence-electron chi connectivity index (χ1n) is 3.17. The molecule has 0 N–H and O–H groups in total. The molecule has 0 aliphatic carbocycles. The average Bonchev–Trinajstić information content (AvgIpc) is 2.11. The van der Waals surface area contributed by atoms with Gasteiger partial charge >= 0.3 is 17.4 Å². The fraction of sp³-hybridized carbons (Fsp3) is 0.375. The molecule has 0 amide bonds. The number of hydrogen-bond acceptors (Lipinski definition) is 0. The summed E-state index contributed by atoms with van der Waals surface area (Å²) < 4.78 is 0. The van der Waals surface area contributed by atoms with Gasteiger partial charge in [0.25, 0.3) is 0 Å². The van der Waals surface area contributed by atoms with Crippen LogP contribution in [-0.4, -0.2) is 8.80 Å². The van der Waals surface area contributed by atoms with Crippen molar-refractivity contribution in [2.45, 2.75) is 19.6 Å². The molecule has 1 rings (SSSR count). The summed E-state index contributed by atoms with van der Waals surface area (Å²) in [7, 11) is 0.120. The quantitative estimate of drug-likeness (QED) is 0.340. The maximum Gasteiger partial charge on any atom is 3.00 e. The molecule has 0 aliphatic heterocycles. The Labute approximate surface area is 101 Å². The van der Waals surface area contributed by atoms with Gasteiger partial charge in [0.1, 0.15) is 0 Å². The first-order valence-corrected chi connectivity index (χ1v) is 6.17. The molecule has 0 nitrogen and oxygen atoms in total. The molecule has 1 aromatic carbocycles. The molecule has 0 aliphatic rings. The monoisotopic (exact) mass is 260 g/mol. The zero-order valence-corrected chi connectivity index (χ0v) is 11.3. The Morgan fingerprint density at radius 1 is 0.917 bits per heavy atom. The summed E-state index contributed by atoms with van der Waals surface area (Å²) in [5.41, 5.74) is 0. The van der Waals surface area contributed by atoms with Crippen LogP contribution in [0.2, 0.25) is 19.6 Å². The SMILES string of the molecule is C[Si](C)C.[Cl-].[Cl-].[Cr+3].c1cc[cH-]c1. The molecule has 1 aromatic rings. The van der Waals surface area contributed by atoms with Crippen molar-refractivity contribution >= 4 is 8.80 Å². The number of hydrogen-bond donors (Lipinski definition) is 0. The van der Waals surface area contributed by atoms with Gasteiger partial charge in [0.15, 0.2) is 0 Å². The predicted molar refractivity (Wildman–Crippen MR) is 45.4 cm³/mol. The minimum Gasteiger partial charge on any atom is -1.00 e. The normalized spacial score (nSPS) is 6.33. The molecule has 0 aromatic heterocycles. The second kappa shape index (κ2) is 17.7. The largest absolute Gasteiger partial charge is 3.00 e. The number of rotatable bonds is 0. The maximum atomic E-state index is 2.27. The molecule has 4 heteroatoms. The van der Waals surface area contributed by atoms with Crippen molar-refractivity contribution in [2.75, 3.05) is 0 Å². The topological polar surface area (TPSA) is 0 Å². The smallest absolute Gasteiger partial charge is 1.00 e. The first kappa shape index (κ1) is 23.0. The van der Waals surface area contributed by atoms with Crippen molar-refractivity contribution < 1.29 is 42.2 Å². The summed E-state index contributed by atoms with van der Waals surface area (Å²) in [6, 6.07) is 10.0. The molecule has 12 heavy (non-hydrogen) atoms. The van der Waals surface area contributed by atoms with Crippen LogP contribution in [0.3, 0.4) is 0 Å². The maximum absolute atomic E-state index is 2.27. The molecule has 0 bridgehead atoms. The van der Waals surface area contributed by atoms with Crippen molar-refractivity contribution in [3.05, 3.63) is 30.3 Å². The standard InChI is InChI=1S/C5H5.C3H9Si.2ClH.Cr/c1-2-4-5-3-1;1-4(2)3;;;/h1-5H;1-3H3;2*1H;/q-1;;;;+3/p-2. The van der Waals surface area contributed by atoms with Gasteiger partial charge in [-0.15, -0.1) is 0 Å². The van der Waals surface area contributed by atoms with Crippen molar-refractivity contribution in [3.63, 3.8) is 0 Å². The van der Waals surface area contributed by atoms with Crippen LogP contribution in [0, 0.1) is 0 Å². The van der Waals surface area contributed by atoms with Gasteiger partial charge in [0.05, 0.1) is 0 Å². The van der Waals surface area contributed by atoms with E-state index in [4.69, 9.17) is 0 Å². The Hall–Kier alpha value is 0.679. The Kier molecular flexibility index (Phi) is 33.8. The summed E-state index contributed by atoms with van der Waals surface area (Å²) in [6.45, 7) is 6.81. The van der Waals surface area contributed by atoms with Crippen LogP contribution in [0.1, 0.15) is 0 Å².